The average Bonchev–Trinajstić information content (AvgIpc) is 3.32. The number of hydrogen-bond donors (Lipinski definition) is 1. The molecule has 0 aromatic carbocycles. The van der Waals surface area contributed by atoms with Crippen LogP contribution in [0.4, 0.5) is 13.2 Å². The molecule has 0 spiro atoms. The quantitative estimate of drug-likeness (QED) is 0.694. The zero-order valence-corrected chi connectivity index (χ0v) is 16.8. The van der Waals surface area contributed by atoms with Crippen molar-refractivity contribution >= 4 is 11.9 Å². The highest BCUT2D eigenvalue weighted by molar-refractivity contribution is 5.94. The number of ether oxygens (including phenoxy) is 1. The number of hydrogen-bond acceptors (Lipinski definition) is 5. The second kappa shape index (κ2) is 10.7. The smallest absolute Gasteiger partial charge is 0.475 e. The maximum Gasteiger partial charge on any atom is 0.490 e. The maximum absolute atomic E-state index is 12.9. The number of alkyl halides is 3. The number of pyridine rings is 1. The van der Waals surface area contributed by atoms with E-state index in [2.05, 4.69) is 16.7 Å². The minimum atomic E-state index is -5.08. The van der Waals surface area contributed by atoms with Crippen molar-refractivity contribution in [1.29, 1.82) is 0 Å². The molecule has 11 heteroatoms. The third-order valence-corrected chi connectivity index (χ3v) is 4.53. The molecule has 0 aliphatic carbocycles. The Balaban J connectivity index is 0.000000423. The summed E-state index contributed by atoms with van der Waals surface area (Å²) in [6.45, 7) is 4.88. The van der Waals surface area contributed by atoms with Crippen LogP contribution >= 0.6 is 0 Å². The van der Waals surface area contributed by atoms with Gasteiger partial charge in [0, 0.05) is 32.2 Å². The number of carbonyl (C=O) groups is 2. The Hall–Kier alpha value is -3.21. The van der Waals surface area contributed by atoms with E-state index in [0.29, 0.717) is 18.7 Å². The molecule has 31 heavy (non-hydrogen) atoms. The number of halogens is 3. The van der Waals surface area contributed by atoms with Crippen LogP contribution in [-0.4, -0.2) is 68.1 Å². The molecule has 2 aromatic heterocycles. The minimum Gasteiger partial charge on any atom is -0.475 e. The second-order valence-electron chi connectivity index (χ2n) is 6.79. The summed E-state index contributed by atoms with van der Waals surface area (Å²) in [4.78, 5) is 27.7. The van der Waals surface area contributed by atoms with E-state index < -0.39 is 12.1 Å². The number of aromatic nitrogens is 3. The van der Waals surface area contributed by atoms with Gasteiger partial charge in [-0.2, -0.15) is 18.3 Å². The normalized spacial score (nSPS) is 18.3. The van der Waals surface area contributed by atoms with Gasteiger partial charge in [-0.05, 0) is 30.5 Å². The van der Waals surface area contributed by atoms with Crippen LogP contribution in [0.25, 0.3) is 0 Å². The summed E-state index contributed by atoms with van der Waals surface area (Å²) < 4.78 is 39.4. The van der Waals surface area contributed by atoms with Gasteiger partial charge in [0.05, 0.1) is 30.5 Å². The van der Waals surface area contributed by atoms with Crippen LogP contribution < -0.4 is 0 Å². The van der Waals surface area contributed by atoms with Crippen molar-refractivity contribution in [2.45, 2.75) is 31.2 Å². The van der Waals surface area contributed by atoms with Crippen LogP contribution in [0.1, 0.15) is 22.3 Å². The number of carbonyl (C=O) groups excluding carboxylic acids is 1. The molecule has 0 bridgehead atoms. The van der Waals surface area contributed by atoms with Gasteiger partial charge in [-0.1, -0.05) is 6.08 Å². The van der Waals surface area contributed by atoms with Crippen molar-refractivity contribution in [1.82, 2.24) is 19.7 Å². The molecule has 1 aliphatic rings. The van der Waals surface area contributed by atoms with E-state index >= 15 is 0 Å². The van der Waals surface area contributed by atoms with E-state index in [1.165, 1.54) is 0 Å². The molecule has 1 fully saturated rings. The van der Waals surface area contributed by atoms with Crippen molar-refractivity contribution in [2.75, 3.05) is 13.2 Å². The molecule has 1 amide bonds. The monoisotopic (exact) mass is 440 g/mol. The highest BCUT2D eigenvalue weighted by Crippen LogP contribution is 2.26. The average molecular weight is 440 g/mol. The molecule has 2 atom stereocenters. The first-order valence-electron chi connectivity index (χ1n) is 9.34. The first-order chi connectivity index (χ1) is 14.6. The van der Waals surface area contributed by atoms with Crippen LogP contribution in [0.2, 0.25) is 0 Å². The summed E-state index contributed by atoms with van der Waals surface area (Å²) in [7, 11) is 1.89. The number of carboxylic acid groups (broad SMARTS) is 1. The number of aryl methyl sites for hydroxylation is 1. The number of carboxylic acids is 1. The van der Waals surface area contributed by atoms with Gasteiger partial charge in [-0.15, -0.1) is 6.58 Å². The molecule has 1 aliphatic heterocycles. The molecule has 1 saturated heterocycles. The lowest BCUT2D eigenvalue weighted by molar-refractivity contribution is -0.192. The van der Waals surface area contributed by atoms with Gasteiger partial charge in [0.1, 0.15) is 0 Å². The summed E-state index contributed by atoms with van der Waals surface area (Å²) >= 11 is 0. The molecular formula is C20H23F3N4O4. The topological polar surface area (TPSA) is 97.5 Å². The third-order valence-electron chi connectivity index (χ3n) is 4.53. The Labute approximate surface area is 176 Å². The van der Waals surface area contributed by atoms with Crippen molar-refractivity contribution in [2.24, 2.45) is 7.05 Å². The Morgan fingerprint density at radius 1 is 1.39 bits per heavy atom. The highest BCUT2D eigenvalue weighted by atomic mass is 19.4. The molecule has 168 valence electrons. The van der Waals surface area contributed by atoms with Crippen LogP contribution in [-0.2, 0) is 23.0 Å². The van der Waals surface area contributed by atoms with Crippen molar-refractivity contribution in [3.63, 3.8) is 0 Å². The number of likely N-dealkylation sites (tertiary alicyclic amines) is 1. The van der Waals surface area contributed by atoms with Crippen molar-refractivity contribution < 1.29 is 32.6 Å². The van der Waals surface area contributed by atoms with E-state index in [4.69, 9.17) is 14.6 Å². The largest absolute Gasteiger partial charge is 0.490 e. The van der Waals surface area contributed by atoms with Gasteiger partial charge in [0.2, 0.25) is 0 Å². The maximum atomic E-state index is 12.9. The molecule has 3 rings (SSSR count). The lowest BCUT2D eigenvalue weighted by Crippen LogP contribution is -2.42. The van der Waals surface area contributed by atoms with Crippen LogP contribution in [0, 0.1) is 0 Å². The molecule has 0 unspecified atom stereocenters. The first kappa shape index (κ1) is 24.1. The van der Waals surface area contributed by atoms with E-state index in [1.54, 1.807) is 35.3 Å². The summed E-state index contributed by atoms with van der Waals surface area (Å²) in [5.74, 6) is -2.76. The molecule has 0 saturated carbocycles. The molecule has 2 aromatic rings. The zero-order chi connectivity index (χ0) is 23.0. The summed E-state index contributed by atoms with van der Waals surface area (Å²) in [6, 6.07) is 3.57. The Morgan fingerprint density at radius 2 is 2.10 bits per heavy atom. The Kier molecular flexibility index (Phi) is 8.31. The van der Waals surface area contributed by atoms with Crippen LogP contribution in [0.3, 0.4) is 0 Å². The molecule has 3 heterocycles. The van der Waals surface area contributed by atoms with E-state index in [1.807, 2.05) is 24.3 Å². The number of aliphatic carboxylic acids is 1. The lowest BCUT2D eigenvalue weighted by Gasteiger charge is -2.28. The standard InChI is InChI=1S/C18H22N4O2.C2HF3O2/c1-3-9-24-17-6-8-22(18(23)15-5-4-7-19-12-15)16(17)10-14-11-20-21(2)13-14;3-2(4,5)1(6)7/h3-5,7,11-13,16-17H,1,6,8-10H2,2H3;(H,6,7)/t16-,17-;/m0./s1. The fourth-order valence-corrected chi connectivity index (χ4v) is 3.18. The lowest BCUT2D eigenvalue weighted by atomic mass is 10.0. The third kappa shape index (κ3) is 6.92. The van der Waals surface area contributed by atoms with Crippen LogP contribution in [0.5, 0.6) is 0 Å². The summed E-state index contributed by atoms with van der Waals surface area (Å²) in [5.41, 5.74) is 1.71. The molecule has 1 N–H and O–H groups in total. The van der Waals surface area contributed by atoms with Gasteiger partial charge in [-0.25, -0.2) is 4.79 Å². The van der Waals surface area contributed by atoms with Crippen molar-refractivity contribution in [3.8, 4) is 0 Å². The van der Waals surface area contributed by atoms with Crippen molar-refractivity contribution in [3.05, 3.63) is 60.7 Å². The first-order valence-corrected chi connectivity index (χ1v) is 9.34. The van der Waals surface area contributed by atoms with Crippen LogP contribution in [0.15, 0.2) is 49.6 Å². The Morgan fingerprint density at radius 3 is 2.61 bits per heavy atom. The summed E-state index contributed by atoms with van der Waals surface area (Å²) in [6.07, 6.45) is 5.32. The molecule has 8 nitrogen and oxygen atoms in total. The number of nitrogens with zero attached hydrogens (tertiary/aromatic N) is 4. The summed E-state index contributed by atoms with van der Waals surface area (Å²) in [5, 5.41) is 11.3. The second-order valence-corrected chi connectivity index (χ2v) is 6.79. The molecule has 0 radical (unpaired) electrons. The molecular weight excluding hydrogens is 417 g/mol. The Bertz CT molecular complexity index is 886. The van der Waals surface area contributed by atoms with Gasteiger partial charge in [-0.3, -0.25) is 14.5 Å². The van der Waals surface area contributed by atoms with E-state index in [-0.39, 0.29) is 18.1 Å². The SMILES string of the molecule is C=CCO[C@H]1CCN(C(=O)c2cccnc2)[C@H]1Cc1cnn(C)c1.O=C(O)C(F)(F)F. The highest BCUT2D eigenvalue weighted by Gasteiger charge is 2.39. The minimum absolute atomic E-state index is 0.00157. The van der Waals surface area contributed by atoms with Gasteiger partial charge < -0.3 is 14.7 Å². The van der Waals surface area contributed by atoms with Gasteiger partial charge in [0.25, 0.3) is 5.91 Å². The zero-order valence-electron chi connectivity index (χ0n) is 16.8. The predicted molar refractivity (Wildman–Crippen MR) is 104 cm³/mol. The number of rotatable bonds is 6. The van der Waals surface area contributed by atoms with E-state index in [0.717, 1.165) is 18.4 Å². The fraction of sp³-hybridized carbons (Fsp3) is 0.400. The fourth-order valence-electron chi connectivity index (χ4n) is 3.18. The van der Waals surface area contributed by atoms with Gasteiger partial charge >= 0.3 is 12.1 Å². The predicted octanol–water partition coefficient (Wildman–Crippen LogP) is 2.48. The number of amides is 1. The van der Waals surface area contributed by atoms with Gasteiger partial charge in [0.15, 0.2) is 0 Å². The van der Waals surface area contributed by atoms with E-state index in [9.17, 15) is 18.0 Å².